The minimum absolute atomic E-state index is 0.0106. The predicted molar refractivity (Wildman–Crippen MR) is 78.7 cm³/mol. The third-order valence-corrected chi connectivity index (χ3v) is 2.67. The molecular formula is C14H22N4O3. The van der Waals surface area contributed by atoms with Crippen molar-refractivity contribution in [2.45, 2.75) is 20.3 Å². The molecule has 0 atom stereocenters. The number of nitrogens with one attached hydrogen (secondary N) is 1. The van der Waals surface area contributed by atoms with Gasteiger partial charge in [0.2, 0.25) is 5.95 Å². The normalized spacial score (nSPS) is 10.3. The van der Waals surface area contributed by atoms with Crippen LogP contribution >= 0.6 is 0 Å². The highest BCUT2D eigenvalue weighted by atomic mass is 16.5. The van der Waals surface area contributed by atoms with E-state index < -0.39 is 5.97 Å². The smallest absolute Gasteiger partial charge is 0.326 e. The minimum atomic E-state index is -0.496. The van der Waals surface area contributed by atoms with Crippen LogP contribution in [0.1, 0.15) is 20.3 Å². The largest absolute Gasteiger partial charge is 0.454 e. The fraction of sp³-hybridized carbons (Fsp3) is 0.571. The average Bonchev–Trinajstić information content (AvgIpc) is 2.45. The molecule has 0 fully saturated rings. The molecule has 0 unspecified atom stereocenters. The Kier molecular flexibility index (Phi) is 7.14. The zero-order valence-electron chi connectivity index (χ0n) is 12.7. The van der Waals surface area contributed by atoms with Crippen LogP contribution < -0.4 is 10.2 Å². The van der Waals surface area contributed by atoms with Gasteiger partial charge in [-0.05, 0) is 18.4 Å². The lowest BCUT2D eigenvalue weighted by molar-refractivity contribution is -0.147. The third kappa shape index (κ3) is 7.24. The second-order valence-electron chi connectivity index (χ2n) is 5.10. The van der Waals surface area contributed by atoms with E-state index in [9.17, 15) is 9.59 Å². The third-order valence-electron chi connectivity index (χ3n) is 2.67. The number of hydrogen-bond acceptors (Lipinski definition) is 6. The van der Waals surface area contributed by atoms with Crippen LogP contribution in [0, 0.1) is 5.92 Å². The van der Waals surface area contributed by atoms with Crippen LogP contribution in [0.5, 0.6) is 0 Å². The molecule has 7 heteroatoms. The van der Waals surface area contributed by atoms with Gasteiger partial charge in [0.1, 0.15) is 6.54 Å². The summed E-state index contributed by atoms with van der Waals surface area (Å²) >= 11 is 0. The van der Waals surface area contributed by atoms with E-state index >= 15 is 0 Å². The second-order valence-corrected chi connectivity index (χ2v) is 5.10. The van der Waals surface area contributed by atoms with Crippen LogP contribution in [0.2, 0.25) is 0 Å². The Balaban J connectivity index is 2.23. The standard InChI is InChI=1S/C14H22N4O3/c1-11(2)5-8-15-12(19)10-21-13(20)9-18(3)14-16-6-4-7-17-14/h4,6-7,11H,5,8-10H2,1-3H3,(H,15,19). The van der Waals surface area contributed by atoms with Gasteiger partial charge in [0, 0.05) is 26.0 Å². The molecule has 0 aliphatic rings. The van der Waals surface area contributed by atoms with Crippen molar-refractivity contribution in [1.29, 1.82) is 0 Å². The maximum atomic E-state index is 11.6. The summed E-state index contributed by atoms with van der Waals surface area (Å²) in [7, 11) is 1.68. The molecule has 21 heavy (non-hydrogen) atoms. The van der Waals surface area contributed by atoms with E-state index in [1.807, 2.05) is 0 Å². The lowest BCUT2D eigenvalue weighted by Gasteiger charge is -2.15. The molecule has 1 aromatic heterocycles. The molecule has 1 amide bonds. The van der Waals surface area contributed by atoms with Gasteiger partial charge >= 0.3 is 5.97 Å². The Labute approximate surface area is 124 Å². The van der Waals surface area contributed by atoms with Crippen molar-refractivity contribution >= 4 is 17.8 Å². The molecule has 1 heterocycles. The first-order valence-electron chi connectivity index (χ1n) is 6.89. The maximum Gasteiger partial charge on any atom is 0.326 e. The van der Waals surface area contributed by atoms with Gasteiger partial charge in [-0.15, -0.1) is 0 Å². The Bertz CT molecular complexity index is 451. The van der Waals surface area contributed by atoms with Gasteiger partial charge in [-0.2, -0.15) is 0 Å². The second kappa shape index (κ2) is 8.89. The fourth-order valence-corrected chi connectivity index (χ4v) is 1.50. The number of hydrogen-bond donors (Lipinski definition) is 1. The molecule has 0 spiro atoms. The molecule has 0 bridgehead atoms. The van der Waals surface area contributed by atoms with E-state index in [-0.39, 0.29) is 19.1 Å². The first kappa shape index (κ1) is 16.9. The summed E-state index contributed by atoms with van der Waals surface area (Å²) in [5, 5.41) is 2.70. The van der Waals surface area contributed by atoms with Crippen molar-refractivity contribution in [2.75, 3.05) is 31.6 Å². The highest BCUT2D eigenvalue weighted by Crippen LogP contribution is 2.01. The summed E-state index contributed by atoms with van der Waals surface area (Å²) in [6.45, 7) is 4.47. The number of carbonyl (C=O) groups excluding carboxylic acids is 2. The first-order valence-corrected chi connectivity index (χ1v) is 6.89. The van der Waals surface area contributed by atoms with E-state index in [2.05, 4.69) is 29.1 Å². The number of nitrogens with zero attached hydrogens (tertiary/aromatic N) is 3. The maximum absolute atomic E-state index is 11.6. The molecule has 0 aliphatic heterocycles. The summed E-state index contributed by atoms with van der Waals surface area (Å²) in [6, 6.07) is 1.69. The van der Waals surface area contributed by atoms with Crippen molar-refractivity contribution in [1.82, 2.24) is 15.3 Å². The van der Waals surface area contributed by atoms with E-state index in [0.717, 1.165) is 6.42 Å². The van der Waals surface area contributed by atoms with Gasteiger partial charge in [0.25, 0.3) is 5.91 Å². The molecule has 0 saturated heterocycles. The topological polar surface area (TPSA) is 84.4 Å². The number of ether oxygens (including phenoxy) is 1. The number of carbonyl (C=O) groups is 2. The quantitative estimate of drug-likeness (QED) is 0.708. The SMILES string of the molecule is CC(C)CCNC(=O)COC(=O)CN(C)c1ncccn1. The van der Waals surface area contributed by atoms with E-state index in [1.54, 1.807) is 30.4 Å². The summed E-state index contributed by atoms with van der Waals surface area (Å²) < 4.78 is 4.91. The van der Waals surface area contributed by atoms with Gasteiger partial charge in [0.15, 0.2) is 6.61 Å². The minimum Gasteiger partial charge on any atom is -0.454 e. The van der Waals surface area contributed by atoms with Crippen LogP contribution in [0.3, 0.4) is 0 Å². The summed E-state index contributed by atoms with van der Waals surface area (Å²) in [5.74, 6) is 0.162. The number of likely N-dealkylation sites (N-methyl/N-ethyl adjacent to an activating group) is 1. The van der Waals surface area contributed by atoms with Crippen molar-refractivity contribution in [3.8, 4) is 0 Å². The lowest BCUT2D eigenvalue weighted by atomic mass is 10.1. The molecule has 0 aromatic carbocycles. The molecule has 1 aromatic rings. The van der Waals surface area contributed by atoms with Gasteiger partial charge in [-0.25, -0.2) is 9.97 Å². The Morgan fingerprint density at radius 3 is 2.62 bits per heavy atom. The van der Waals surface area contributed by atoms with Gasteiger partial charge in [-0.1, -0.05) is 13.8 Å². The highest BCUT2D eigenvalue weighted by molar-refractivity contribution is 5.81. The molecule has 0 radical (unpaired) electrons. The number of rotatable bonds is 8. The fourth-order valence-electron chi connectivity index (χ4n) is 1.50. The number of esters is 1. The molecule has 1 N–H and O–H groups in total. The zero-order chi connectivity index (χ0) is 15.7. The number of anilines is 1. The predicted octanol–water partition coefficient (Wildman–Crippen LogP) is 0.618. The van der Waals surface area contributed by atoms with E-state index in [1.165, 1.54) is 0 Å². The Morgan fingerprint density at radius 2 is 2.00 bits per heavy atom. The van der Waals surface area contributed by atoms with Crippen molar-refractivity contribution in [3.05, 3.63) is 18.5 Å². The molecule has 116 valence electrons. The molecule has 1 rings (SSSR count). The Morgan fingerprint density at radius 1 is 1.33 bits per heavy atom. The molecule has 0 saturated carbocycles. The average molecular weight is 294 g/mol. The van der Waals surface area contributed by atoms with Crippen LogP contribution in [-0.4, -0.2) is 48.6 Å². The van der Waals surface area contributed by atoms with E-state index in [4.69, 9.17) is 4.74 Å². The molecule has 7 nitrogen and oxygen atoms in total. The van der Waals surface area contributed by atoms with Crippen LogP contribution in [0.15, 0.2) is 18.5 Å². The summed E-state index contributed by atoms with van der Waals surface area (Å²) in [4.78, 5) is 32.6. The van der Waals surface area contributed by atoms with Crippen LogP contribution in [0.25, 0.3) is 0 Å². The monoisotopic (exact) mass is 294 g/mol. The van der Waals surface area contributed by atoms with Crippen LogP contribution in [0.4, 0.5) is 5.95 Å². The lowest BCUT2D eigenvalue weighted by Crippen LogP contribution is -2.33. The van der Waals surface area contributed by atoms with Crippen molar-refractivity contribution in [2.24, 2.45) is 5.92 Å². The number of aromatic nitrogens is 2. The van der Waals surface area contributed by atoms with Gasteiger partial charge in [-0.3, -0.25) is 9.59 Å². The van der Waals surface area contributed by atoms with Crippen molar-refractivity contribution < 1.29 is 14.3 Å². The van der Waals surface area contributed by atoms with Crippen molar-refractivity contribution in [3.63, 3.8) is 0 Å². The Hall–Kier alpha value is -2.18. The van der Waals surface area contributed by atoms with Crippen LogP contribution in [-0.2, 0) is 14.3 Å². The zero-order valence-corrected chi connectivity index (χ0v) is 12.7. The summed E-state index contributed by atoms with van der Waals surface area (Å²) in [6.07, 6.45) is 4.08. The van der Waals surface area contributed by atoms with E-state index in [0.29, 0.717) is 18.4 Å². The summed E-state index contributed by atoms with van der Waals surface area (Å²) in [5.41, 5.74) is 0. The first-order chi connectivity index (χ1) is 9.99. The number of amides is 1. The molecular weight excluding hydrogens is 272 g/mol. The highest BCUT2D eigenvalue weighted by Gasteiger charge is 2.12. The van der Waals surface area contributed by atoms with Gasteiger partial charge in [0.05, 0.1) is 0 Å². The van der Waals surface area contributed by atoms with Gasteiger partial charge < -0.3 is 15.0 Å². The molecule has 0 aliphatic carbocycles.